The van der Waals surface area contributed by atoms with Crippen LogP contribution in [0.4, 0.5) is 0 Å². The molecule has 0 atom stereocenters. The predicted molar refractivity (Wildman–Crippen MR) is 133 cm³/mol. The number of benzene rings is 1. The molecule has 13 heteroatoms. The van der Waals surface area contributed by atoms with E-state index in [-0.39, 0.29) is 39.1 Å². The summed E-state index contributed by atoms with van der Waals surface area (Å²) in [4.78, 5) is 50.8. The van der Waals surface area contributed by atoms with Gasteiger partial charge in [-0.05, 0) is 18.2 Å². The average Bonchev–Trinajstić information content (AvgIpc) is 3.52. The number of hydrogen-bond donors (Lipinski definition) is 0. The Bertz CT molecular complexity index is 1310. The van der Waals surface area contributed by atoms with E-state index in [2.05, 4.69) is 0 Å². The normalized spacial score (nSPS) is 13.6. The largest absolute Gasteiger partial charge is 0.484 e. The first-order valence-corrected chi connectivity index (χ1v) is 12.5. The van der Waals surface area contributed by atoms with Crippen molar-refractivity contribution in [2.24, 2.45) is 0 Å². The summed E-state index contributed by atoms with van der Waals surface area (Å²) in [6.45, 7) is 2.64. The van der Waals surface area contributed by atoms with Crippen LogP contribution < -0.4 is 10.4 Å². The fraction of sp³-hybridized carbons (Fsp3) is 0.462. The number of amides is 2. The highest BCUT2D eigenvalue weighted by Crippen LogP contribution is 2.34. The van der Waals surface area contributed by atoms with Gasteiger partial charge in [0.2, 0.25) is 5.75 Å². The van der Waals surface area contributed by atoms with Crippen molar-refractivity contribution in [3.05, 3.63) is 40.9 Å². The molecule has 2 amide bonds. The van der Waals surface area contributed by atoms with E-state index >= 15 is 0 Å². The molecule has 3 heterocycles. The van der Waals surface area contributed by atoms with Crippen molar-refractivity contribution in [2.75, 3.05) is 59.5 Å². The van der Waals surface area contributed by atoms with Crippen LogP contribution in [-0.4, -0.2) is 82.3 Å². The highest BCUT2D eigenvalue weighted by molar-refractivity contribution is 6.01. The van der Waals surface area contributed by atoms with E-state index in [4.69, 9.17) is 37.4 Å². The summed E-state index contributed by atoms with van der Waals surface area (Å²) < 4.78 is 38.2. The molecule has 0 N–H and O–H groups in total. The second kappa shape index (κ2) is 14.4. The highest BCUT2D eigenvalue weighted by atomic mass is 16.7. The molecule has 1 fully saturated rings. The number of imide groups is 1. The van der Waals surface area contributed by atoms with Gasteiger partial charge in [0.05, 0.1) is 65.5 Å². The zero-order chi connectivity index (χ0) is 27.5. The molecule has 1 aliphatic rings. The Morgan fingerprint density at radius 2 is 1.33 bits per heavy atom. The molecule has 0 spiro atoms. The molecule has 0 bridgehead atoms. The Morgan fingerprint density at radius 3 is 2.00 bits per heavy atom. The van der Waals surface area contributed by atoms with Gasteiger partial charge in [-0.25, -0.2) is 9.59 Å². The number of hydroxylamine groups is 2. The number of furan rings is 1. The van der Waals surface area contributed by atoms with Gasteiger partial charge in [-0.2, -0.15) is 0 Å². The Hall–Kier alpha value is -3.78. The molecule has 2 aromatic heterocycles. The minimum atomic E-state index is -0.710. The summed E-state index contributed by atoms with van der Waals surface area (Å²) in [6, 6.07) is 6.70. The average molecular weight is 548 g/mol. The number of rotatable bonds is 17. The topological polar surface area (TPSA) is 153 Å². The van der Waals surface area contributed by atoms with Crippen LogP contribution in [-0.2, 0) is 38.2 Å². The first-order chi connectivity index (χ1) is 19.0. The van der Waals surface area contributed by atoms with E-state index in [1.54, 1.807) is 12.3 Å². The Labute approximate surface area is 222 Å². The SMILES string of the molecule is O=C(CCOCCOCCOCCOCCOc1c2occc2cc2ccc(=O)oc12)ON1C(=O)CCC1=O. The first kappa shape index (κ1) is 28.2. The Balaban J connectivity index is 0.981. The molecule has 0 unspecified atom stereocenters. The molecule has 0 aliphatic carbocycles. The zero-order valence-corrected chi connectivity index (χ0v) is 21.2. The third kappa shape index (κ3) is 8.10. The lowest BCUT2D eigenvalue weighted by Gasteiger charge is -2.12. The summed E-state index contributed by atoms with van der Waals surface area (Å²) in [5.41, 5.74) is 0.354. The lowest BCUT2D eigenvalue weighted by molar-refractivity contribution is -0.198. The van der Waals surface area contributed by atoms with E-state index in [0.717, 1.165) is 10.8 Å². The van der Waals surface area contributed by atoms with Gasteiger partial charge in [0, 0.05) is 29.7 Å². The summed E-state index contributed by atoms with van der Waals surface area (Å²) >= 11 is 0. The first-order valence-electron chi connectivity index (χ1n) is 12.5. The third-order valence-electron chi connectivity index (χ3n) is 5.52. The van der Waals surface area contributed by atoms with Crippen molar-refractivity contribution in [3.63, 3.8) is 0 Å². The van der Waals surface area contributed by atoms with E-state index in [1.807, 2.05) is 12.1 Å². The van der Waals surface area contributed by atoms with Crippen molar-refractivity contribution in [3.8, 4) is 5.75 Å². The fourth-order valence-corrected chi connectivity index (χ4v) is 3.66. The Morgan fingerprint density at radius 1 is 0.744 bits per heavy atom. The minimum Gasteiger partial charge on any atom is -0.484 e. The summed E-state index contributed by atoms with van der Waals surface area (Å²) in [6.07, 6.45) is 1.56. The van der Waals surface area contributed by atoms with Crippen LogP contribution in [0.15, 0.2) is 44.2 Å². The van der Waals surface area contributed by atoms with Gasteiger partial charge in [-0.1, -0.05) is 0 Å². The summed E-state index contributed by atoms with van der Waals surface area (Å²) in [5, 5.41) is 2.08. The van der Waals surface area contributed by atoms with Gasteiger partial charge >= 0.3 is 11.6 Å². The van der Waals surface area contributed by atoms with Crippen LogP contribution in [0.2, 0.25) is 0 Å². The van der Waals surface area contributed by atoms with Crippen LogP contribution in [0.25, 0.3) is 21.9 Å². The van der Waals surface area contributed by atoms with Crippen molar-refractivity contribution in [1.82, 2.24) is 5.06 Å². The van der Waals surface area contributed by atoms with Crippen LogP contribution in [0.5, 0.6) is 5.75 Å². The van der Waals surface area contributed by atoms with E-state index in [9.17, 15) is 19.2 Å². The van der Waals surface area contributed by atoms with Crippen molar-refractivity contribution >= 4 is 39.7 Å². The van der Waals surface area contributed by atoms with Gasteiger partial charge in [0.15, 0.2) is 11.2 Å². The minimum absolute atomic E-state index is 0.0524. The fourth-order valence-electron chi connectivity index (χ4n) is 3.66. The molecular weight excluding hydrogens is 518 g/mol. The van der Waals surface area contributed by atoms with Gasteiger partial charge in [-0.3, -0.25) is 9.59 Å². The zero-order valence-electron chi connectivity index (χ0n) is 21.2. The lowest BCUT2D eigenvalue weighted by Crippen LogP contribution is -2.32. The number of fused-ring (bicyclic) bond motifs is 2. The molecular formula is C26H29NO12. The summed E-state index contributed by atoms with van der Waals surface area (Å²) in [7, 11) is 0. The molecule has 4 rings (SSSR count). The van der Waals surface area contributed by atoms with Crippen LogP contribution >= 0.6 is 0 Å². The lowest BCUT2D eigenvalue weighted by atomic mass is 10.1. The molecule has 3 aromatic rings. The molecule has 1 saturated heterocycles. The van der Waals surface area contributed by atoms with Gasteiger partial charge < -0.3 is 37.4 Å². The monoisotopic (exact) mass is 547 g/mol. The van der Waals surface area contributed by atoms with E-state index < -0.39 is 23.4 Å². The van der Waals surface area contributed by atoms with Crippen LogP contribution in [0, 0.1) is 0 Å². The van der Waals surface area contributed by atoms with Crippen molar-refractivity contribution in [2.45, 2.75) is 19.3 Å². The molecule has 0 saturated carbocycles. The van der Waals surface area contributed by atoms with Crippen molar-refractivity contribution in [1.29, 1.82) is 0 Å². The molecule has 13 nitrogen and oxygen atoms in total. The highest BCUT2D eigenvalue weighted by Gasteiger charge is 2.32. The molecule has 0 radical (unpaired) electrons. The number of hydrogen-bond acceptors (Lipinski definition) is 12. The summed E-state index contributed by atoms with van der Waals surface area (Å²) in [5.74, 6) is -1.38. The predicted octanol–water partition coefficient (Wildman–Crippen LogP) is 1.98. The van der Waals surface area contributed by atoms with E-state index in [0.29, 0.717) is 61.6 Å². The molecule has 1 aromatic carbocycles. The van der Waals surface area contributed by atoms with Crippen molar-refractivity contribution < 1.29 is 51.7 Å². The third-order valence-corrected chi connectivity index (χ3v) is 5.52. The molecule has 210 valence electrons. The maximum atomic E-state index is 11.7. The van der Waals surface area contributed by atoms with Gasteiger partial charge in [0.25, 0.3) is 11.8 Å². The quantitative estimate of drug-likeness (QED) is 0.138. The molecule has 1 aliphatic heterocycles. The number of ether oxygens (including phenoxy) is 5. The van der Waals surface area contributed by atoms with Crippen LogP contribution in [0.1, 0.15) is 19.3 Å². The maximum Gasteiger partial charge on any atom is 0.336 e. The standard InChI is InChI=1S/C26H29NO12/c28-20-2-3-21(29)27(20)39-23(31)6-7-32-9-10-33-11-12-34-13-14-35-15-16-37-26-24-19(5-8-36-24)17-18-1-4-22(30)38-25(18)26/h1,4-5,8,17H,2-3,6-7,9-16H2. The Kier molecular flexibility index (Phi) is 10.4. The van der Waals surface area contributed by atoms with Crippen LogP contribution in [0.3, 0.4) is 0 Å². The smallest absolute Gasteiger partial charge is 0.336 e. The second-order valence-electron chi connectivity index (χ2n) is 8.31. The number of nitrogens with zero attached hydrogens (tertiary/aromatic N) is 1. The van der Waals surface area contributed by atoms with Gasteiger partial charge in [-0.15, -0.1) is 5.06 Å². The maximum absolute atomic E-state index is 11.7. The van der Waals surface area contributed by atoms with Gasteiger partial charge in [0.1, 0.15) is 6.61 Å². The number of carbonyl (C=O) groups excluding carboxylic acids is 3. The second-order valence-corrected chi connectivity index (χ2v) is 8.31. The number of carbonyl (C=O) groups is 3. The van der Waals surface area contributed by atoms with E-state index in [1.165, 1.54) is 6.07 Å². The molecule has 39 heavy (non-hydrogen) atoms.